The molecule has 15 heavy (non-hydrogen) atoms. The van der Waals surface area contributed by atoms with Gasteiger partial charge in [-0.2, -0.15) is 0 Å². The Morgan fingerprint density at radius 2 is 2.07 bits per heavy atom. The first-order valence-electron chi connectivity index (χ1n) is 5.40. The summed E-state index contributed by atoms with van der Waals surface area (Å²) in [5, 5.41) is 0. The zero-order valence-corrected chi connectivity index (χ0v) is 10.9. The third-order valence-corrected chi connectivity index (χ3v) is 4.67. The molecule has 0 saturated carbocycles. The topological polar surface area (TPSA) is 12.5 Å². The molecule has 1 fully saturated rings. The van der Waals surface area contributed by atoms with Gasteiger partial charge in [0.25, 0.3) is 0 Å². The van der Waals surface area contributed by atoms with E-state index >= 15 is 0 Å². The van der Waals surface area contributed by atoms with E-state index in [2.05, 4.69) is 54.9 Å². The van der Waals surface area contributed by atoms with Gasteiger partial charge in [-0.3, -0.25) is 0 Å². The molecule has 0 spiro atoms. The summed E-state index contributed by atoms with van der Waals surface area (Å²) >= 11 is 3.53. The van der Waals surface area contributed by atoms with Crippen LogP contribution < -0.4 is 0 Å². The molecular weight excluding hydrogens is 252 g/mol. The highest BCUT2D eigenvalue weighted by Gasteiger charge is 2.64. The number of ether oxygens (including phenoxy) is 1. The van der Waals surface area contributed by atoms with Gasteiger partial charge in [0, 0.05) is 9.89 Å². The largest absolute Gasteiger partial charge is 0.361 e. The standard InChI is InChI=1S/C13H15BrO/c1-12(2)7-8-4-5-9(14)6-10(8)11-13(12,3)15-11/h4-6,11H,7H2,1-3H3. The van der Waals surface area contributed by atoms with Crippen molar-refractivity contribution in [1.82, 2.24) is 0 Å². The zero-order chi connectivity index (χ0) is 10.8. The molecule has 1 nitrogen and oxygen atoms in total. The lowest BCUT2D eigenvalue weighted by molar-refractivity contribution is 0.154. The van der Waals surface area contributed by atoms with E-state index in [0.717, 1.165) is 10.9 Å². The van der Waals surface area contributed by atoms with Gasteiger partial charge in [-0.05, 0) is 36.6 Å². The summed E-state index contributed by atoms with van der Waals surface area (Å²) in [4.78, 5) is 0. The average Bonchev–Trinajstić information content (AvgIpc) is 2.82. The number of benzene rings is 1. The third kappa shape index (κ3) is 1.18. The van der Waals surface area contributed by atoms with Crippen LogP contribution in [0.1, 0.15) is 38.0 Å². The molecule has 2 aliphatic rings. The summed E-state index contributed by atoms with van der Waals surface area (Å²) < 4.78 is 7.09. The van der Waals surface area contributed by atoms with Gasteiger partial charge in [0.05, 0.1) is 0 Å². The number of rotatable bonds is 0. The molecule has 0 N–H and O–H groups in total. The van der Waals surface area contributed by atoms with E-state index < -0.39 is 0 Å². The van der Waals surface area contributed by atoms with Crippen molar-refractivity contribution in [2.75, 3.05) is 0 Å². The van der Waals surface area contributed by atoms with Crippen LogP contribution in [-0.2, 0) is 11.2 Å². The minimum absolute atomic E-state index is 0.0563. The van der Waals surface area contributed by atoms with Gasteiger partial charge in [0.2, 0.25) is 0 Å². The third-order valence-electron chi connectivity index (χ3n) is 4.17. The number of epoxide rings is 1. The molecule has 2 heteroatoms. The summed E-state index contributed by atoms with van der Waals surface area (Å²) in [6, 6.07) is 6.56. The normalized spacial score (nSPS) is 35.6. The van der Waals surface area contributed by atoms with Crippen LogP contribution >= 0.6 is 15.9 Å². The molecular formula is C13H15BrO. The molecule has 0 aromatic heterocycles. The van der Waals surface area contributed by atoms with Gasteiger partial charge >= 0.3 is 0 Å². The number of fused-ring (bicyclic) bond motifs is 3. The Labute approximate surface area is 99.0 Å². The first-order valence-corrected chi connectivity index (χ1v) is 6.19. The predicted molar refractivity (Wildman–Crippen MR) is 63.9 cm³/mol. The first-order chi connectivity index (χ1) is 6.94. The summed E-state index contributed by atoms with van der Waals surface area (Å²) in [7, 11) is 0. The average molecular weight is 267 g/mol. The van der Waals surface area contributed by atoms with Crippen LogP contribution in [0.3, 0.4) is 0 Å². The second-order valence-corrected chi connectivity index (χ2v) is 6.42. The molecule has 3 rings (SSSR count). The van der Waals surface area contributed by atoms with Crippen LogP contribution in [0.2, 0.25) is 0 Å². The Morgan fingerprint density at radius 3 is 2.80 bits per heavy atom. The second-order valence-electron chi connectivity index (χ2n) is 5.51. The maximum atomic E-state index is 5.94. The van der Waals surface area contributed by atoms with E-state index in [9.17, 15) is 0 Å². The van der Waals surface area contributed by atoms with Crippen molar-refractivity contribution >= 4 is 15.9 Å². The van der Waals surface area contributed by atoms with Crippen LogP contribution in [0.4, 0.5) is 0 Å². The Morgan fingerprint density at radius 1 is 1.33 bits per heavy atom. The SMILES string of the molecule is CC1(C)Cc2ccc(Br)cc2C2OC21C. The van der Waals surface area contributed by atoms with Crippen LogP contribution in [0.5, 0.6) is 0 Å². The highest BCUT2D eigenvalue weighted by atomic mass is 79.9. The Kier molecular flexibility index (Phi) is 1.75. The van der Waals surface area contributed by atoms with Gasteiger partial charge in [0.1, 0.15) is 11.7 Å². The fourth-order valence-electron chi connectivity index (χ4n) is 2.71. The lowest BCUT2D eigenvalue weighted by atomic mass is 9.67. The van der Waals surface area contributed by atoms with E-state index in [1.54, 1.807) is 0 Å². The Hall–Kier alpha value is -0.340. The van der Waals surface area contributed by atoms with Gasteiger partial charge < -0.3 is 4.74 Å². The van der Waals surface area contributed by atoms with Gasteiger partial charge in [-0.15, -0.1) is 0 Å². The molecule has 80 valence electrons. The highest BCUT2D eigenvalue weighted by Crippen LogP contribution is 2.64. The fraction of sp³-hybridized carbons (Fsp3) is 0.538. The molecule has 1 saturated heterocycles. The monoisotopic (exact) mass is 266 g/mol. The number of halogens is 1. The quantitative estimate of drug-likeness (QED) is 0.650. The van der Waals surface area contributed by atoms with Crippen molar-refractivity contribution in [3.05, 3.63) is 33.8 Å². The molecule has 0 radical (unpaired) electrons. The Bertz CT molecular complexity index is 438. The molecule has 1 heterocycles. The fourth-order valence-corrected chi connectivity index (χ4v) is 3.09. The van der Waals surface area contributed by atoms with E-state index in [1.165, 1.54) is 11.1 Å². The molecule has 0 bridgehead atoms. The van der Waals surface area contributed by atoms with Crippen molar-refractivity contribution in [2.45, 2.75) is 38.9 Å². The van der Waals surface area contributed by atoms with Crippen LogP contribution in [0.15, 0.2) is 22.7 Å². The Balaban J connectivity index is 2.14. The lowest BCUT2D eigenvalue weighted by Gasteiger charge is -2.34. The van der Waals surface area contributed by atoms with E-state index in [4.69, 9.17) is 4.74 Å². The number of hydrogen-bond acceptors (Lipinski definition) is 1. The maximum Gasteiger partial charge on any atom is 0.113 e. The minimum Gasteiger partial charge on any atom is -0.361 e. The van der Waals surface area contributed by atoms with Crippen LogP contribution in [0.25, 0.3) is 0 Å². The van der Waals surface area contributed by atoms with E-state index in [-0.39, 0.29) is 11.0 Å². The van der Waals surface area contributed by atoms with Crippen LogP contribution in [-0.4, -0.2) is 5.60 Å². The van der Waals surface area contributed by atoms with E-state index in [0.29, 0.717) is 6.10 Å². The van der Waals surface area contributed by atoms with Crippen molar-refractivity contribution in [2.24, 2.45) is 5.41 Å². The molecule has 1 aromatic carbocycles. The molecule has 1 aromatic rings. The summed E-state index contributed by atoms with van der Waals surface area (Å²) in [5.41, 5.74) is 3.13. The highest BCUT2D eigenvalue weighted by molar-refractivity contribution is 9.10. The molecule has 0 amide bonds. The zero-order valence-electron chi connectivity index (χ0n) is 9.30. The lowest BCUT2D eigenvalue weighted by Crippen LogP contribution is -2.36. The predicted octanol–water partition coefficient (Wildman–Crippen LogP) is 3.86. The summed E-state index contributed by atoms with van der Waals surface area (Å²) in [6.45, 7) is 6.84. The second kappa shape index (κ2) is 2.67. The number of hydrogen-bond donors (Lipinski definition) is 0. The van der Waals surface area contributed by atoms with Crippen molar-refractivity contribution in [3.8, 4) is 0 Å². The maximum absolute atomic E-state index is 5.94. The smallest absolute Gasteiger partial charge is 0.113 e. The van der Waals surface area contributed by atoms with Gasteiger partial charge in [-0.1, -0.05) is 35.8 Å². The van der Waals surface area contributed by atoms with Crippen LogP contribution in [0, 0.1) is 5.41 Å². The van der Waals surface area contributed by atoms with Crippen molar-refractivity contribution < 1.29 is 4.74 Å². The molecule has 2 unspecified atom stereocenters. The van der Waals surface area contributed by atoms with Gasteiger partial charge in [0.15, 0.2) is 0 Å². The minimum atomic E-state index is 0.0563. The first kappa shape index (κ1) is 9.86. The molecule has 1 aliphatic carbocycles. The summed E-state index contributed by atoms with van der Waals surface area (Å²) in [6.07, 6.45) is 1.43. The van der Waals surface area contributed by atoms with Crippen molar-refractivity contribution in [1.29, 1.82) is 0 Å². The van der Waals surface area contributed by atoms with Gasteiger partial charge in [-0.25, -0.2) is 0 Å². The van der Waals surface area contributed by atoms with E-state index in [1.807, 2.05) is 0 Å². The summed E-state index contributed by atoms with van der Waals surface area (Å²) in [5.74, 6) is 0. The molecule has 2 atom stereocenters. The molecule has 1 aliphatic heterocycles. The van der Waals surface area contributed by atoms with Crippen molar-refractivity contribution in [3.63, 3.8) is 0 Å².